The van der Waals surface area contributed by atoms with Crippen molar-refractivity contribution in [2.75, 3.05) is 45.7 Å². The molecule has 31 heavy (non-hydrogen) atoms. The van der Waals surface area contributed by atoms with Gasteiger partial charge >= 0.3 is 0 Å². The Morgan fingerprint density at radius 1 is 1.10 bits per heavy atom. The van der Waals surface area contributed by atoms with E-state index in [4.69, 9.17) is 9.47 Å². The van der Waals surface area contributed by atoms with E-state index in [1.54, 1.807) is 7.11 Å². The van der Waals surface area contributed by atoms with E-state index < -0.39 is 0 Å². The number of carbonyl (C=O) groups is 1. The van der Waals surface area contributed by atoms with Gasteiger partial charge in [0.1, 0.15) is 11.5 Å². The van der Waals surface area contributed by atoms with Crippen molar-refractivity contribution in [3.63, 3.8) is 0 Å². The summed E-state index contributed by atoms with van der Waals surface area (Å²) in [5, 5.41) is 2.94. The Hall–Kier alpha value is -1.80. The van der Waals surface area contributed by atoms with Crippen LogP contribution in [0.25, 0.3) is 0 Å². The van der Waals surface area contributed by atoms with Crippen LogP contribution in [0.3, 0.4) is 0 Å². The third kappa shape index (κ3) is 5.92. The first kappa shape index (κ1) is 23.9. The lowest BCUT2D eigenvalue weighted by Gasteiger charge is -2.41. The predicted octanol–water partition coefficient (Wildman–Crippen LogP) is 1.38. The molecule has 2 aliphatic rings. The van der Waals surface area contributed by atoms with Crippen molar-refractivity contribution in [2.45, 2.75) is 38.0 Å². The molecule has 6 heteroatoms. The molecule has 0 spiro atoms. The van der Waals surface area contributed by atoms with Gasteiger partial charge in [-0.25, -0.2) is 0 Å². The van der Waals surface area contributed by atoms with Gasteiger partial charge in [-0.1, -0.05) is 24.3 Å². The molecule has 5 nitrogen and oxygen atoms in total. The molecule has 2 aromatic carbocycles. The van der Waals surface area contributed by atoms with Crippen molar-refractivity contribution in [3.8, 4) is 11.5 Å². The molecule has 1 fully saturated rings. The number of benzene rings is 2. The van der Waals surface area contributed by atoms with E-state index in [2.05, 4.69) is 36.6 Å². The Kier molecular flexibility index (Phi) is 8.22. The van der Waals surface area contributed by atoms with Gasteiger partial charge in [0.05, 0.1) is 40.4 Å². The summed E-state index contributed by atoms with van der Waals surface area (Å²) in [6.07, 6.45) is 4.80. The van der Waals surface area contributed by atoms with E-state index in [9.17, 15) is 4.79 Å². The number of piperidine rings is 1. The van der Waals surface area contributed by atoms with E-state index in [1.165, 1.54) is 37.1 Å². The molecule has 0 aromatic heterocycles. The maximum absolute atomic E-state index is 11.6. The molecular weight excluding hydrogens is 503 g/mol. The Bertz CT molecular complexity index is 894. The van der Waals surface area contributed by atoms with Gasteiger partial charge in [-0.3, -0.25) is 4.79 Å². The number of rotatable bonds is 7. The molecule has 1 amide bonds. The number of hydrogen-bond acceptors (Lipinski definition) is 3. The van der Waals surface area contributed by atoms with Gasteiger partial charge in [0.25, 0.3) is 0 Å². The Morgan fingerprint density at radius 3 is 2.65 bits per heavy atom. The zero-order valence-corrected chi connectivity index (χ0v) is 20.7. The predicted molar refractivity (Wildman–Crippen MR) is 119 cm³/mol. The minimum absolute atomic E-state index is 0. The standard InChI is InChI=1S/C25H32N2O3.HI/c1-27(15-12-19(13-16-27)22-6-3-4-7-24(22)29-2)14-5-17-30-21-10-8-20-9-11-25(28)26-23(20)18-21;/h3-4,6-8,10,18-19H,5,9,11-17H2,1-2H3;1H. The number of likely N-dealkylation sites (tertiary alicyclic amines) is 1. The first-order valence-corrected chi connectivity index (χ1v) is 11.1. The van der Waals surface area contributed by atoms with Crippen LogP contribution in [-0.2, 0) is 11.2 Å². The summed E-state index contributed by atoms with van der Waals surface area (Å²) < 4.78 is 12.7. The fourth-order valence-electron chi connectivity index (χ4n) is 4.81. The zero-order chi connectivity index (χ0) is 21.0. The quantitative estimate of drug-likeness (QED) is 0.331. The summed E-state index contributed by atoms with van der Waals surface area (Å²) in [5.41, 5.74) is 3.45. The van der Waals surface area contributed by atoms with Crippen LogP contribution < -0.4 is 38.8 Å². The van der Waals surface area contributed by atoms with Crippen molar-refractivity contribution < 1.29 is 42.7 Å². The minimum Gasteiger partial charge on any atom is -1.00 e. The van der Waals surface area contributed by atoms with Crippen molar-refractivity contribution in [1.82, 2.24) is 0 Å². The number of ether oxygens (including phenoxy) is 2. The molecule has 0 atom stereocenters. The highest BCUT2D eigenvalue weighted by atomic mass is 127. The number of para-hydroxylation sites is 1. The number of hydrogen-bond donors (Lipinski definition) is 1. The Balaban J connectivity index is 0.00000272. The van der Waals surface area contributed by atoms with Crippen LogP contribution in [0.15, 0.2) is 42.5 Å². The molecule has 0 bridgehead atoms. The number of quaternary nitrogens is 1. The number of anilines is 1. The van der Waals surface area contributed by atoms with Crippen LogP contribution in [0, 0.1) is 0 Å². The van der Waals surface area contributed by atoms with Crippen LogP contribution in [-0.4, -0.2) is 50.8 Å². The summed E-state index contributed by atoms with van der Waals surface area (Å²) in [6.45, 7) is 4.21. The van der Waals surface area contributed by atoms with Crippen LogP contribution >= 0.6 is 0 Å². The number of fused-ring (bicyclic) bond motifs is 1. The number of aryl methyl sites for hydroxylation is 1. The smallest absolute Gasteiger partial charge is 0.224 e. The second kappa shape index (κ2) is 10.7. The fraction of sp³-hybridized carbons (Fsp3) is 0.480. The number of amides is 1. The monoisotopic (exact) mass is 536 g/mol. The number of halogens is 1. The second-order valence-corrected chi connectivity index (χ2v) is 8.88. The summed E-state index contributed by atoms with van der Waals surface area (Å²) in [5.74, 6) is 2.55. The molecular formula is C25H33IN2O3. The highest BCUT2D eigenvalue weighted by Gasteiger charge is 2.31. The molecule has 0 unspecified atom stereocenters. The number of carbonyl (C=O) groups excluding carboxylic acids is 1. The molecule has 0 aliphatic carbocycles. The van der Waals surface area contributed by atoms with Gasteiger partial charge in [0.15, 0.2) is 0 Å². The SMILES string of the molecule is COc1ccccc1C1CC[N+](C)(CCCOc2ccc3c(c2)NC(=O)CC3)CC1.[I-]. The first-order valence-electron chi connectivity index (χ1n) is 11.1. The molecule has 0 saturated carbocycles. The van der Waals surface area contributed by atoms with Gasteiger partial charge in [-0.15, -0.1) is 0 Å². The summed E-state index contributed by atoms with van der Waals surface area (Å²) in [4.78, 5) is 11.6. The van der Waals surface area contributed by atoms with Crippen LogP contribution in [0.5, 0.6) is 11.5 Å². The van der Waals surface area contributed by atoms with E-state index in [0.29, 0.717) is 18.9 Å². The van der Waals surface area contributed by atoms with Crippen LogP contribution in [0.4, 0.5) is 5.69 Å². The van der Waals surface area contributed by atoms with Gasteiger partial charge in [0, 0.05) is 37.4 Å². The van der Waals surface area contributed by atoms with Gasteiger partial charge < -0.3 is 43.3 Å². The molecule has 1 saturated heterocycles. The van der Waals surface area contributed by atoms with Gasteiger partial charge in [-0.05, 0) is 35.6 Å². The third-order valence-electron chi connectivity index (χ3n) is 6.70. The zero-order valence-electron chi connectivity index (χ0n) is 18.5. The number of methoxy groups -OCH3 is 1. The molecule has 1 N–H and O–H groups in total. The summed E-state index contributed by atoms with van der Waals surface area (Å²) in [7, 11) is 4.13. The lowest BCUT2D eigenvalue weighted by molar-refractivity contribution is -0.914. The maximum atomic E-state index is 11.6. The van der Waals surface area contributed by atoms with Crippen molar-refractivity contribution in [2.24, 2.45) is 0 Å². The molecule has 168 valence electrons. The third-order valence-corrected chi connectivity index (χ3v) is 6.70. The minimum atomic E-state index is 0. The number of nitrogens with zero attached hydrogens (tertiary/aromatic N) is 1. The van der Waals surface area contributed by atoms with E-state index in [1.807, 2.05) is 18.2 Å². The van der Waals surface area contributed by atoms with Crippen LogP contribution in [0.1, 0.15) is 42.7 Å². The lowest BCUT2D eigenvalue weighted by atomic mass is 9.88. The average molecular weight is 536 g/mol. The topological polar surface area (TPSA) is 47.6 Å². The highest BCUT2D eigenvalue weighted by molar-refractivity contribution is 5.94. The average Bonchev–Trinajstić information content (AvgIpc) is 2.77. The van der Waals surface area contributed by atoms with Crippen molar-refractivity contribution >= 4 is 11.6 Å². The van der Waals surface area contributed by atoms with Crippen LogP contribution in [0.2, 0.25) is 0 Å². The van der Waals surface area contributed by atoms with E-state index in [0.717, 1.165) is 41.1 Å². The summed E-state index contributed by atoms with van der Waals surface area (Å²) in [6, 6.07) is 14.5. The normalized spacial score (nSPS) is 22.6. The fourth-order valence-corrected chi connectivity index (χ4v) is 4.81. The van der Waals surface area contributed by atoms with Crippen molar-refractivity contribution in [3.05, 3.63) is 53.6 Å². The highest BCUT2D eigenvalue weighted by Crippen LogP contribution is 2.35. The Labute approximate surface area is 202 Å². The van der Waals surface area contributed by atoms with E-state index in [-0.39, 0.29) is 29.9 Å². The summed E-state index contributed by atoms with van der Waals surface area (Å²) >= 11 is 0. The first-order chi connectivity index (χ1) is 14.6. The molecule has 0 radical (unpaired) electrons. The van der Waals surface area contributed by atoms with E-state index >= 15 is 0 Å². The van der Waals surface area contributed by atoms with Gasteiger partial charge in [-0.2, -0.15) is 0 Å². The lowest BCUT2D eigenvalue weighted by Crippen LogP contribution is -3.00. The Morgan fingerprint density at radius 2 is 1.87 bits per heavy atom. The largest absolute Gasteiger partial charge is 1.00 e. The molecule has 2 aliphatic heterocycles. The molecule has 2 aromatic rings. The van der Waals surface area contributed by atoms with Gasteiger partial charge in [0.2, 0.25) is 5.91 Å². The second-order valence-electron chi connectivity index (χ2n) is 8.88. The molecule has 4 rings (SSSR count). The van der Waals surface area contributed by atoms with Crippen molar-refractivity contribution in [1.29, 1.82) is 0 Å². The maximum Gasteiger partial charge on any atom is 0.224 e. The molecule has 2 heterocycles. The number of nitrogens with one attached hydrogen (secondary N) is 1.